The number of carbonyl (C=O) groups is 1. The van der Waals surface area contributed by atoms with Crippen LogP contribution in [-0.2, 0) is 22.4 Å². The van der Waals surface area contributed by atoms with Crippen LogP contribution in [0, 0.1) is 0 Å². The molecule has 1 amide bonds. The molecular weight excluding hydrogens is 512 g/mol. The number of pyridine rings is 1. The third-order valence-electron chi connectivity index (χ3n) is 6.89. The number of benzene rings is 1. The number of imidazole rings is 1. The summed E-state index contributed by atoms with van der Waals surface area (Å²) in [6.45, 7) is 11.0. The lowest BCUT2D eigenvalue weighted by Crippen LogP contribution is -2.45. The largest absolute Gasteiger partial charge is 0.379 e. The number of nitrogens with one attached hydrogen (secondary N) is 3. The van der Waals surface area contributed by atoms with Gasteiger partial charge in [0.15, 0.2) is 0 Å². The standard InChI is InChI=1S/C30H41ClN6O2/c1-24(21-36-15-17-39-18-16-36)30(38)34-20-28(19-25-7-3-2-4-8-25)33-14-6-13-32-12-5-9-27-23-37-22-26(31)10-11-29(37)35-27/h2-4,7-8,10-11,22-23,28,32-33H,1,5-6,9,12-21H2,(H,34,38)/t28-/m0/s1. The summed E-state index contributed by atoms with van der Waals surface area (Å²) < 4.78 is 7.37. The van der Waals surface area contributed by atoms with E-state index < -0.39 is 0 Å². The van der Waals surface area contributed by atoms with E-state index in [1.807, 2.05) is 28.8 Å². The van der Waals surface area contributed by atoms with E-state index >= 15 is 0 Å². The number of aromatic nitrogens is 2. The molecule has 3 aromatic rings. The van der Waals surface area contributed by atoms with Gasteiger partial charge in [0.2, 0.25) is 5.91 Å². The quantitative estimate of drug-likeness (QED) is 0.187. The normalized spacial score (nSPS) is 14.9. The third-order valence-corrected chi connectivity index (χ3v) is 7.11. The van der Waals surface area contributed by atoms with E-state index in [-0.39, 0.29) is 11.9 Å². The number of hydrogen-bond acceptors (Lipinski definition) is 6. The van der Waals surface area contributed by atoms with Crippen LogP contribution in [0.25, 0.3) is 5.65 Å². The van der Waals surface area contributed by atoms with E-state index in [4.69, 9.17) is 16.3 Å². The molecule has 1 aliphatic heterocycles. The first-order valence-electron chi connectivity index (χ1n) is 13.9. The Morgan fingerprint density at radius 1 is 1.05 bits per heavy atom. The number of aryl methyl sites for hydroxylation is 1. The zero-order valence-corrected chi connectivity index (χ0v) is 23.5. The maximum atomic E-state index is 12.7. The fourth-order valence-corrected chi connectivity index (χ4v) is 4.90. The fourth-order valence-electron chi connectivity index (χ4n) is 4.73. The van der Waals surface area contributed by atoms with E-state index in [9.17, 15) is 4.79 Å². The second kappa shape index (κ2) is 15.7. The number of halogens is 1. The van der Waals surface area contributed by atoms with E-state index in [1.165, 1.54) is 5.56 Å². The molecule has 0 spiro atoms. The van der Waals surface area contributed by atoms with Crippen molar-refractivity contribution in [3.05, 3.63) is 83.3 Å². The van der Waals surface area contributed by atoms with Crippen LogP contribution in [0.1, 0.15) is 24.1 Å². The number of carbonyl (C=O) groups excluding carboxylic acids is 1. The highest BCUT2D eigenvalue weighted by molar-refractivity contribution is 6.30. The fraction of sp³-hybridized carbons (Fsp3) is 0.467. The van der Waals surface area contributed by atoms with Crippen molar-refractivity contribution >= 4 is 23.2 Å². The summed E-state index contributed by atoms with van der Waals surface area (Å²) in [5, 5.41) is 11.0. The van der Waals surface area contributed by atoms with Gasteiger partial charge in [0.25, 0.3) is 0 Å². The van der Waals surface area contributed by atoms with Crippen molar-refractivity contribution in [2.24, 2.45) is 0 Å². The van der Waals surface area contributed by atoms with Gasteiger partial charge in [-0.25, -0.2) is 4.98 Å². The lowest BCUT2D eigenvalue weighted by Gasteiger charge is -2.27. The Hall–Kier alpha value is -2.75. The Labute approximate surface area is 236 Å². The molecule has 1 saturated heterocycles. The zero-order chi connectivity index (χ0) is 27.3. The molecule has 9 heteroatoms. The molecular formula is C30H41ClN6O2. The van der Waals surface area contributed by atoms with E-state index in [0.29, 0.717) is 36.9 Å². The molecule has 2 aromatic heterocycles. The molecule has 210 valence electrons. The summed E-state index contributed by atoms with van der Waals surface area (Å²) in [6.07, 6.45) is 7.76. The molecule has 0 unspecified atom stereocenters. The Bertz CT molecular complexity index is 1180. The number of amides is 1. The smallest absolute Gasteiger partial charge is 0.247 e. The number of hydrogen-bond donors (Lipinski definition) is 3. The first-order valence-corrected chi connectivity index (χ1v) is 14.3. The van der Waals surface area contributed by atoms with Crippen molar-refractivity contribution in [1.29, 1.82) is 0 Å². The van der Waals surface area contributed by atoms with E-state index in [0.717, 1.165) is 69.7 Å². The minimum absolute atomic E-state index is 0.0725. The highest BCUT2D eigenvalue weighted by atomic mass is 35.5. The van der Waals surface area contributed by atoms with Crippen LogP contribution in [0.3, 0.4) is 0 Å². The summed E-state index contributed by atoms with van der Waals surface area (Å²) in [5.74, 6) is -0.0725. The van der Waals surface area contributed by atoms with Crippen molar-refractivity contribution in [2.45, 2.75) is 31.7 Å². The van der Waals surface area contributed by atoms with Crippen molar-refractivity contribution < 1.29 is 9.53 Å². The second-order valence-corrected chi connectivity index (χ2v) is 10.5. The van der Waals surface area contributed by atoms with E-state index in [1.54, 1.807) is 0 Å². The van der Waals surface area contributed by atoms with Gasteiger partial charge in [0.1, 0.15) is 5.65 Å². The Balaban J connectivity index is 1.13. The molecule has 0 saturated carbocycles. The van der Waals surface area contributed by atoms with Crippen molar-refractivity contribution in [3.8, 4) is 0 Å². The number of rotatable bonds is 16. The van der Waals surface area contributed by atoms with Crippen LogP contribution in [0.15, 0.2) is 67.0 Å². The van der Waals surface area contributed by atoms with Gasteiger partial charge in [0, 0.05) is 50.2 Å². The number of morpholine rings is 1. The van der Waals surface area contributed by atoms with Crippen LogP contribution in [0.4, 0.5) is 0 Å². The number of fused-ring (bicyclic) bond motifs is 1. The number of ether oxygens (including phenoxy) is 1. The minimum atomic E-state index is -0.0725. The third kappa shape index (κ3) is 10.1. The molecule has 0 bridgehead atoms. The SMILES string of the molecule is C=C(CN1CCOCC1)C(=O)NC[C@H](Cc1ccccc1)NCCCNCCCc1cn2cc(Cl)ccc2n1. The summed E-state index contributed by atoms with van der Waals surface area (Å²) in [7, 11) is 0. The first kappa shape index (κ1) is 29.2. The molecule has 0 aliphatic carbocycles. The molecule has 1 aromatic carbocycles. The molecule has 3 heterocycles. The lowest BCUT2D eigenvalue weighted by atomic mass is 10.1. The molecule has 4 rings (SSSR count). The highest BCUT2D eigenvalue weighted by Crippen LogP contribution is 2.12. The van der Waals surface area contributed by atoms with Crippen LogP contribution in [-0.4, -0.2) is 85.3 Å². The van der Waals surface area contributed by atoms with Gasteiger partial charge in [-0.15, -0.1) is 0 Å². The molecule has 1 atom stereocenters. The summed E-state index contributed by atoms with van der Waals surface area (Å²) >= 11 is 6.06. The minimum Gasteiger partial charge on any atom is -0.379 e. The lowest BCUT2D eigenvalue weighted by molar-refractivity contribution is -0.118. The zero-order valence-electron chi connectivity index (χ0n) is 22.7. The van der Waals surface area contributed by atoms with Gasteiger partial charge < -0.3 is 25.1 Å². The molecule has 39 heavy (non-hydrogen) atoms. The summed E-state index contributed by atoms with van der Waals surface area (Å²) in [5.41, 5.74) is 3.87. The Morgan fingerprint density at radius 2 is 1.85 bits per heavy atom. The molecule has 8 nitrogen and oxygen atoms in total. The van der Waals surface area contributed by atoms with Crippen molar-refractivity contribution in [3.63, 3.8) is 0 Å². The molecule has 0 radical (unpaired) electrons. The first-order chi connectivity index (χ1) is 19.1. The summed E-state index contributed by atoms with van der Waals surface area (Å²) in [6, 6.07) is 14.4. The second-order valence-electron chi connectivity index (χ2n) is 10.1. The van der Waals surface area contributed by atoms with Gasteiger partial charge >= 0.3 is 0 Å². The van der Waals surface area contributed by atoms with Crippen LogP contribution in [0.2, 0.25) is 5.02 Å². The van der Waals surface area contributed by atoms with Gasteiger partial charge in [-0.2, -0.15) is 0 Å². The predicted molar refractivity (Wildman–Crippen MR) is 157 cm³/mol. The monoisotopic (exact) mass is 552 g/mol. The highest BCUT2D eigenvalue weighted by Gasteiger charge is 2.17. The van der Waals surface area contributed by atoms with Gasteiger partial charge in [-0.05, 0) is 63.0 Å². The average molecular weight is 553 g/mol. The average Bonchev–Trinajstić information content (AvgIpc) is 3.35. The number of nitrogens with zero attached hydrogens (tertiary/aromatic N) is 3. The Kier molecular flexibility index (Phi) is 11.8. The summed E-state index contributed by atoms with van der Waals surface area (Å²) in [4.78, 5) is 19.6. The van der Waals surface area contributed by atoms with Crippen molar-refractivity contribution in [2.75, 3.05) is 59.0 Å². The van der Waals surface area contributed by atoms with Gasteiger partial charge in [-0.3, -0.25) is 9.69 Å². The van der Waals surface area contributed by atoms with Gasteiger partial charge in [0.05, 0.1) is 23.9 Å². The predicted octanol–water partition coefficient (Wildman–Crippen LogP) is 3.11. The Morgan fingerprint density at radius 3 is 2.67 bits per heavy atom. The maximum Gasteiger partial charge on any atom is 0.247 e. The van der Waals surface area contributed by atoms with Crippen LogP contribution >= 0.6 is 11.6 Å². The maximum absolute atomic E-state index is 12.7. The van der Waals surface area contributed by atoms with Crippen LogP contribution < -0.4 is 16.0 Å². The topological polar surface area (TPSA) is 82.9 Å². The van der Waals surface area contributed by atoms with Crippen LogP contribution in [0.5, 0.6) is 0 Å². The van der Waals surface area contributed by atoms with Gasteiger partial charge in [-0.1, -0.05) is 48.5 Å². The molecule has 3 N–H and O–H groups in total. The van der Waals surface area contributed by atoms with E-state index in [2.05, 4.69) is 62.9 Å². The molecule has 1 fully saturated rings. The molecule has 1 aliphatic rings. The van der Waals surface area contributed by atoms with Crippen molar-refractivity contribution in [1.82, 2.24) is 30.2 Å².